The maximum Gasteiger partial charge on any atom is 0.416 e. The molecule has 5 rings (SSSR count). The van der Waals surface area contributed by atoms with Gasteiger partial charge >= 0.3 is 6.18 Å². The minimum Gasteiger partial charge on any atom is -0.497 e. The van der Waals surface area contributed by atoms with Crippen molar-refractivity contribution in [1.29, 1.82) is 0 Å². The van der Waals surface area contributed by atoms with Crippen LogP contribution in [0.25, 0.3) is 28.0 Å². The van der Waals surface area contributed by atoms with Crippen LogP contribution in [0.15, 0.2) is 48.5 Å². The fraction of sp³-hybridized carbons (Fsp3) is 0.357. The molecular formula is C28H28F3N3O2. The minimum atomic E-state index is -4.38. The highest BCUT2D eigenvalue weighted by atomic mass is 19.4. The molecule has 0 amide bonds. The largest absolute Gasteiger partial charge is 0.497 e. The number of benzene rings is 2. The monoisotopic (exact) mass is 495 g/mol. The average Bonchev–Trinajstić information content (AvgIpc) is 3.25. The number of aryl methyl sites for hydroxylation is 1. The fourth-order valence-corrected chi connectivity index (χ4v) is 5.08. The minimum absolute atomic E-state index is 0.312. The molecule has 2 aromatic carbocycles. The first kappa shape index (κ1) is 24.3. The molecule has 5 nitrogen and oxygen atoms in total. The fourth-order valence-electron chi connectivity index (χ4n) is 5.08. The van der Waals surface area contributed by atoms with Gasteiger partial charge in [0, 0.05) is 23.9 Å². The van der Waals surface area contributed by atoms with Crippen LogP contribution in [-0.2, 0) is 30.4 Å². The molecular weight excluding hydrogens is 467 g/mol. The zero-order valence-corrected chi connectivity index (χ0v) is 20.5. The molecule has 188 valence electrons. The Bertz CT molecular complexity index is 1380. The quantitative estimate of drug-likeness (QED) is 0.297. The van der Waals surface area contributed by atoms with E-state index in [2.05, 4.69) is 6.92 Å². The van der Waals surface area contributed by atoms with Gasteiger partial charge in [-0.25, -0.2) is 9.50 Å². The third kappa shape index (κ3) is 4.34. The Balaban J connectivity index is 1.76. The van der Waals surface area contributed by atoms with Crippen LogP contribution in [0.1, 0.15) is 42.3 Å². The van der Waals surface area contributed by atoms with Crippen LogP contribution in [0.2, 0.25) is 0 Å². The van der Waals surface area contributed by atoms with Gasteiger partial charge in [0.25, 0.3) is 0 Å². The number of nitrogens with zero attached hydrogens (tertiary/aromatic N) is 3. The summed E-state index contributed by atoms with van der Waals surface area (Å²) in [5.41, 5.74) is 6.08. The Hall–Kier alpha value is -3.39. The zero-order chi connectivity index (χ0) is 25.4. The molecule has 0 saturated carbocycles. The SMILES string of the molecule is CC[C@@H]1CCc2c(c(-c3ccc(C(F)(F)F)cc3)nc3c(-c4ccc(OC)cc4)c(COC)nn23)C1. The van der Waals surface area contributed by atoms with Crippen molar-refractivity contribution in [3.8, 4) is 28.1 Å². The second kappa shape index (κ2) is 9.58. The summed E-state index contributed by atoms with van der Waals surface area (Å²) < 4.78 is 52.4. The number of methoxy groups -OCH3 is 2. The molecule has 0 radical (unpaired) electrons. The van der Waals surface area contributed by atoms with Crippen molar-refractivity contribution in [2.45, 2.75) is 45.4 Å². The van der Waals surface area contributed by atoms with Crippen molar-refractivity contribution in [3.05, 3.63) is 71.0 Å². The molecule has 2 heterocycles. The van der Waals surface area contributed by atoms with Crippen LogP contribution < -0.4 is 4.74 Å². The van der Waals surface area contributed by atoms with Gasteiger partial charge < -0.3 is 9.47 Å². The molecule has 0 bridgehead atoms. The lowest BCUT2D eigenvalue weighted by molar-refractivity contribution is -0.137. The summed E-state index contributed by atoms with van der Waals surface area (Å²) in [7, 11) is 3.25. The summed E-state index contributed by atoms with van der Waals surface area (Å²) in [5, 5.41) is 4.92. The Morgan fingerprint density at radius 2 is 1.69 bits per heavy atom. The first-order valence-corrected chi connectivity index (χ1v) is 12.1. The highest BCUT2D eigenvalue weighted by Gasteiger charge is 2.31. The molecule has 0 unspecified atom stereocenters. The number of halogens is 3. The first-order chi connectivity index (χ1) is 17.3. The lowest BCUT2D eigenvalue weighted by Gasteiger charge is -2.26. The van der Waals surface area contributed by atoms with Crippen molar-refractivity contribution in [1.82, 2.24) is 14.6 Å². The van der Waals surface area contributed by atoms with E-state index in [0.717, 1.165) is 77.3 Å². The van der Waals surface area contributed by atoms with Gasteiger partial charge in [0.05, 0.1) is 36.2 Å². The van der Waals surface area contributed by atoms with E-state index in [9.17, 15) is 13.2 Å². The first-order valence-electron chi connectivity index (χ1n) is 12.1. The number of ether oxygens (including phenoxy) is 2. The number of rotatable bonds is 6. The number of hydrogen-bond donors (Lipinski definition) is 0. The lowest BCUT2D eigenvalue weighted by Crippen LogP contribution is -2.19. The van der Waals surface area contributed by atoms with Gasteiger partial charge in [-0.15, -0.1) is 0 Å². The second-order valence-corrected chi connectivity index (χ2v) is 9.20. The third-order valence-electron chi connectivity index (χ3n) is 7.05. The van der Waals surface area contributed by atoms with Gasteiger partial charge in [0.15, 0.2) is 5.65 Å². The van der Waals surface area contributed by atoms with Crippen molar-refractivity contribution in [2.75, 3.05) is 14.2 Å². The van der Waals surface area contributed by atoms with Gasteiger partial charge in [-0.05, 0) is 55.0 Å². The smallest absolute Gasteiger partial charge is 0.416 e. The summed E-state index contributed by atoms with van der Waals surface area (Å²) in [4.78, 5) is 5.07. The number of alkyl halides is 3. The van der Waals surface area contributed by atoms with Gasteiger partial charge in [0.1, 0.15) is 5.75 Å². The third-order valence-corrected chi connectivity index (χ3v) is 7.05. The summed E-state index contributed by atoms with van der Waals surface area (Å²) >= 11 is 0. The average molecular weight is 496 g/mol. The van der Waals surface area contributed by atoms with Crippen molar-refractivity contribution >= 4 is 5.65 Å². The standard InChI is InChI=1S/C28H28F3N3O2/c1-4-17-5-14-24-22(15-17)26(19-6-10-20(11-7-19)28(29,30)31)32-27-25(23(16-35-2)33-34(24)27)18-8-12-21(36-3)13-9-18/h6-13,17H,4-5,14-16H2,1-3H3/t17-/m1/s1. The van der Waals surface area contributed by atoms with Crippen LogP contribution in [0, 0.1) is 5.92 Å². The Labute approximate surface area is 207 Å². The van der Waals surface area contributed by atoms with Gasteiger partial charge in [0.2, 0.25) is 0 Å². The Kier molecular flexibility index (Phi) is 6.47. The predicted octanol–water partition coefficient (Wildman–Crippen LogP) is 6.75. The molecule has 1 aliphatic rings. The van der Waals surface area contributed by atoms with Crippen LogP contribution in [0.5, 0.6) is 5.75 Å². The van der Waals surface area contributed by atoms with Gasteiger partial charge in [-0.3, -0.25) is 0 Å². The lowest BCUT2D eigenvalue weighted by atomic mass is 9.83. The van der Waals surface area contributed by atoms with Crippen molar-refractivity contribution < 1.29 is 22.6 Å². The van der Waals surface area contributed by atoms with Crippen LogP contribution in [-0.4, -0.2) is 28.8 Å². The molecule has 36 heavy (non-hydrogen) atoms. The maximum atomic E-state index is 13.2. The number of hydrogen-bond acceptors (Lipinski definition) is 4. The molecule has 8 heteroatoms. The maximum absolute atomic E-state index is 13.2. The number of aromatic nitrogens is 3. The molecule has 0 N–H and O–H groups in total. The molecule has 0 saturated heterocycles. The molecule has 1 aliphatic carbocycles. The van der Waals surface area contributed by atoms with E-state index in [1.165, 1.54) is 12.1 Å². The van der Waals surface area contributed by atoms with E-state index in [4.69, 9.17) is 19.6 Å². The van der Waals surface area contributed by atoms with E-state index >= 15 is 0 Å². The summed E-state index contributed by atoms with van der Waals surface area (Å²) in [6.07, 6.45) is -0.661. The molecule has 0 spiro atoms. The molecule has 0 aliphatic heterocycles. The summed E-state index contributed by atoms with van der Waals surface area (Å²) in [6.45, 7) is 2.48. The van der Waals surface area contributed by atoms with Crippen molar-refractivity contribution in [3.63, 3.8) is 0 Å². The Morgan fingerprint density at radius 1 is 1.00 bits per heavy atom. The summed E-state index contributed by atoms with van der Waals surface area (Å²) in [6, 6.07) is 13.0. The summed E-state index contributed by atoms with van der Waals surface area (Å²) in [5.74, 6) is 1.24. The topological polar surface area (TPSA) is 48.7 Å². The van der Waals surface area contributed by atoms with E-state index in [-0.39, 0.29) is 0 Å². The van der Waals surface area contributed by atoms with Gasteiger partial charge in [-0.2, -0.15) is 18.3 Å². The molecule has 0 fully saturated rings. The Morgan fingerprint density at radius 3 is 2.31 bits per heavy atom. The van der Waals surface area contributed by atoms with E-state index in [1.807, 2.05) is 28.8 Å². The number of fused-ring (bicyclic) bond motifs is 3. The van der Waals surface area contributed by atoms with Crippen molar-refractivity contribution in [2.24, 2.45) is 5.92 Å². The van der Waals surface area contributed by atoms with E-state index < -0.39 is 11.7 Å². The van der Waals surface area contributed by atoms with E-state index in [1.54, 1.807) is 14.2 Å². The van der Waals surface area contributed by atoms with Crippen LogP contribution >= 0.6 is 0 Å². The molecule has 4 aromatic rings. The van der Waals surface area contributed by atoms with Crippen LogP contribution in [0.3, 0.4) is 0 Å². The molecule has 2 aromatic heterocycles. The normalized spacial score (nSPS) is 15.8. The van der Waals surface area contributed by atoms with Crippen LogP contribution in [0.4, 0.5) is 13.2 Å². The van der Waals surface area contributed by atoms with E-state index in [0.29, 0.717) is 23.7 Å². The van der Waals surface area contributed by atoms with Gasteiger partial charge in [-0.1, -0.05) is 37.6 Å². The highest BCUT2D eigenvalue weighted by Crippen LogP contribution is 2.39. The zero-order valence-electron chi connectivity index (χ0n) is 20.5. The predicted molar refractivity (Wildman–Crippen MR) is 132 cm³/mol. The highest BCUT2D eigenvalue weighted by molar-refractivity contribution is 5.82. The second-order valence-electron chi connectivity index (χ2n) is 9.20. The molecule has 1 atom stereocenters.